The molecule has 0 fully saturated rings. The number of halogens is 1. The van der Waals surface area contributed by atoms with E-state index < -0.39 is 11.8 Å². The number of carbonyl (C=O) groups is 3. The Morgan fingerprint density at radius 3 is 2.30 bits per heavy atom. The first-order chi connectivity index (χ1) is 19.4. The number of amides is 3. The number of ether oxygens (including phenoxy) is 1. The van der Waals surface area contributed by atoms with Crippen LogP contribution in [0.15, 0.2) is 114 Å². The van der Waals surface area contributed by atoms with Gasteiger partial charge in [0.15, 0.2) is 0 Å². The largest absolute Gasteiger partial charge is 0.497 e. The fourth-order valence-corrected chi connectivity index (χ4v) is 4.51. The summed E-state index contributed by atoms with van der Waals surface area (Å²) in [4.78, 5) is 39.4. The predicted molar refractivity (Wildman–Crippen MR) is 161 cm³/mol. The monoisotopic (exact) mass is 571 g/mol. The number of nitrogens with one attached hydrogen (secondary N) is 3. The minimum atomic E-state index is -0.501. The van der Waals surface area contributed by atoms with E-state index in [4.69, 9.17) is 16.3 Å². The molecule has 4 aromatic carbocycles. The summed E-state index contributed by atoms with van der Waals surface area (Å²) in [5.41, 5.74) is 2.24. The van der Waals surface area contributed by atoms with Crippen LogP contribution in [0.25, 0.3) is 6.08 Å². The van der Waals surface area contributed by atoms with Gasteiger partial charge in [-0.25, -0.2) is 0 Å². The summed E-state index contributed by atoms with van der Waals surface area (Å²) < 4.78 is 5.20. The highest BCUT2D eigenvalue weighted by Gasteiger charge is 2.16. The highest BCUT2D eigenvalue weighted by Crippen LogP contribution is 2.24. The molecule has 0 heterocycles. The molecule has 0 atom stereocenters. The van der Waals surface area contributed by atoms with Crippen LogP contribution in [-0.2, 0) is 9.59 Å². The maximum atomic E-state index is 13.3. The van der Waals surface area contributed by atoms with Crippen LogP contribution in [0.2, 0.25) is 5.02 Å². The van der Waals surface area contributed by atoms with Crippen molar-refractivity contribution in [2.75, 3.05) is 23.5 Å². The first kappa shape index (κ1) is 28.5. The molecule has 202 valence electrons. The normalized spacial score (nSPS) is 10.9. The van der Waals surface area contributed by atoms with Crippen molar-refractivity contribution >= 4 is 58.5 Å². The summed E-state index contributed by atoms with van der Waals surface area (Å²) in [6, 6.07) is 29.9. The predicted octanol–water partition coefficient (Wildman–Crippen LogP) is 6.49. The summed E-state index contributed by atoms with van der Waals surface area (Å²) in [7, 11) is 1.57. The summed E-state index contributed by atoms with van der Waals surface area (Å²) in [5.74, 6) is -0.298. The van der Waals surface area contributed by atoms with Gasteiger partial charge in [-0.1, -0.05) is 60.1 Å². The Balaban J connectivity index is 1.46. The smallest absolute Gasteiger partial charge is 0.272 e. The van der Waals surface area contributed by atoms with Crippen LogP contribution in [-0.4, -0.2) is 30.6 Å². The summed E-state index contributed by atoms with van der Waals surface area (Å²) in [6.45, 7) is 0. The quantitative estimate of drug-likeness (QED) is 0.149. The molecule has 0 unspecified atom stereocenters. The first-order valence-electron chi connectivity index (χ1n) is 12.2. The number of hydrogen-bond acceptors (Lipinski definition) is 5. The Morgan fingerprint density at radius 1 is 0.850 bits per heavy atom. The van der Waals surface area contributed by atoms with Gasteiger partial charge in [-0.05, 0) is 66.2 Å². The van der Waals surface area contributed by atoms with E-state index in [1.807, 2.05) is 12.1 Å². The molecule has 3 amide bonds. The zero-order valence-electron chi connectivity index (χ0n) is 21.5. The van der Waals surface area contributed by atoms with Gasteiger partial charge in [0.25, 0.3) is 11.8 Å². The van der Waals surface area contributed by atoms with E-state index in [1.54, 1.807) is 104 Å². The fraction of sp³-hybridized carbons (Fsp3) is 0.0645. The molecule has 0 saturated carbocycles. The average molecular weight is 572 g/mol. The second kappa shape index (κ2) is 14.0. The standard InChI is InChI=1S/C31H26ClN3O4S/c1-39-24-16-14-21(15-17-24)18-28(35-30(37)22-8-3-2-4-9-22)31(38)33-23-10-7-11-25(19-23)40-20-29(36)34-27-13-6-5-12-26(27)32/h2-19H,20H2,1H3,(H,33,38)(H,34,36)(H,35,37)/b28-18+. The molecule has 0 radical (unpaired) electrons. The van der Waals surface area contributed by atoms with Gasteiger partial charge >= 0.3 is 0 Å². The Bertz CT molecular complexity index is 1530. The second-order valence-electron chi connectivity index (χ2n) is 8.45. The van der Waals surface area contributed by atoms with Gasteiger partial charge in [0.2, 0.25) is 5.91 Å². The number of benzene rings is 4. The minimum absolute atomic E-state index is 0.0659. The molecule has 40 heavy (non-hydrogen) atoms. The van der Waals surface area contributed by atoms with E-state index in [-0.39, 0.29) is 17.4 Å². The lowest BCUT2D eigenvalue weighted by molar-refractivity contribution is -0.114. The lowest BCUT2D eigenvalue weighted by Crippen LogP contribution is -2.30. The third kappa shape index (κ3) is 8.23. The van der Waals surface area contributed by atoms with Gasteiger partial charge in [0.05, 0.1) is 23.6 Å². The molecule has 0 aliphatic heterocycles. The van der Waals surface area contributed by atoms with Crippen LogP contribution >= 0.6 is 23.4 Å². The van der Waals surface area contributed by atoms with Crippen LogP contribution in [0.3, 0.4) is 0 Å². The average Bonchev–Trinajstić information content (AvgIpc) is 2.98. The number of thioether (sulfide) groups is 1. The van der Waals surface area contributed by atoms with Gasteiger partial charge in [0.1, 0.15) is 11.4 Å². The van der Waals surface area contributed by atoms with Crippen molar-refractivity contribution in [3.63, 3.8) is 0 Å². The van der Waals surface area contributed by atoms with Crippen molar-refractivity contribution in [3.05, 3.63) is 125 Å². The lowest BCUT2D eigenvalue weighted by Gasteiger charge is -2.12. The van der Waals surface area contributed by atoms with Crippen LogP contribution in [0.5, 0.6) is 5.75 Å². The second-order valence-corrected chi connectivity index (χ2v) is 9.91. The third-order valence-corrected chi connectivity index (χ3v) is 6.89. The van der Waals surface area contributed by atoms with Crippen LogP contribution in [0.1, 0.15) is 15.9 Å². The molecule has 0 aliphatic rings. The van der Waals surface area contributed by atoms with E-state index in [0.717, 1.165) is 4.90 Å². The van der Waals surface area contributed by atoms with Crippen molar-refractivity contribution in [2.45, 2.75) is 4.90 Å². The first-order valence-corrected chi connectivity index (χ1v) is 13.6. The van der Waals surface area contributed by atoms with Crippen molar-refractivity contribution in [2.24, 2.45) is 0 Å². The Labute approximate surface area is 241 Å². The molecule has 3 N–H and O–H groups in total. The van der Waals surface area contributed by atoms with Gasteiger partial charge in [-0.15, -0.1) is 11.8 Å². The van der Waals surface area contributed by atoms with E-state index in [1.165, 1.54) is 11.8 Å². The van der Waals surface area contributed by atoms with E-state index >= 15 is 0 Å². The van der Waals surface area contributed by atoms with Gasteiger partial charge in [-0.2, -0.15) is 0 Å². The van der Waals surface area contributed by atoms with Crippen molar-refractivity contribution in [1.82, 2.24) is 5.32 Å². The number of para-hydroxylation sites is 1. The Kier molecular flexibility index (Phi) is 9.99. The van der Waals surface area contributed by atoms with E-state index in [9.17, 15) is 14.4 Å². The van der Waals surface area contributed by atoms with Crippen LogP contribution in [0, 0.1) is 0 Å². The van der Waals surface area contributed by atoms with Crippen molar-refractivity contribution in [3.8, 4) is 5.75 Å². The van der Waals surface area contributed by atoms with Crippen LogP contribution < -0.4 is 20.7 Å². The minimum Gasteiger partial charge on any atom is -0.497 e. The molecule has 0 aromatic heterocycles. The van der Waals surface area contributed by atoms with Gasteiger partial charge in [0, 0.05) is 16.1 Å². The molecule has 0 spiro atoms. The topological polar surface area (TPSA) is 96.5 Å². The zero-order chi connectivity index (χ0) is 28.3. The maximum absolute atomic E-state index is 13.3. The molecule has 4 aromatic rings. The molecule has 4 rings (SSSR count). The van der Waals surface area contributed by atoms with Gasteiger partial charge in [-0.3, -0.25) is 14.4 Å². The Morgan fingerprint density at radius 2 is 1.57 bits per heavy atom. The zero-order valence-corrected chi connectivity index (χ0v) is 23.1. The van der Waals surface area contributed by atoms with E-state index in [0.29, 0.717) is 33.3 Å². The number of rotatable bonds is 10. The Hall–Kier alpha value is -4.53. The van der Waals surface area contributed by atoms with Crippen molar-refractivity contribution < 1.29 is 19.1 Å². The lowest BCUT2D eigenvalue weighted by atomic mass is 10.1. The molecule has 7 nitrogen and oxygen atoms in total. The maximum Gasteiger partial charge on any atom is 0.272 e. The van der Waals surface area contributed by atoms with Gasteiger partial charge < -0.3 is 20.7 Å². The number of carbonyl (C=O) groups excluding carboxylic acids is 3. The summed E-state index contributed by atoms with van der Waals surface area (Å²) >= 11 is 7.43. The molecular weight excluding hydrogens is 546 g/mol. The summed E-state index contributed by atoms with van der Waals surface area (Å²) in [5, 5.41) is 8.81. The number of methoxy groups -OCH3 is 1. The fourth-order valence-electron chi connectivity index (χ4n) is 3.57. The number of hydrogen-bond donors (Lipinski definition) is 3. The third-order valence-electron chi connectivity index (χ3n) is 5.57. The molecule has 0 saturated heterocycles. The summed E-state index contributed by atoms with van der Waals surface area (Å²) in [6.07, 6.45) is 1.59. The molecule has 0 aliphatic carbocycles. The number of anilines is 2. The molecule has 9 heteroatoms. The van der Waals surface area contributed by atoms with E-state index in [2.05, 4.69) is 16.0 Å². The molecular formula is C31H26ClN3O4S. The van der Waals surface area contributed by atoms with Crippen LogP contribution in [0.4, 0.5) is 11.4 Å². The SMILES string of the molecule is COc1ccc(/C=C(/NC(=O)c2ccccc2)C(=O)Nc2cccc(SCC(=O)Nc3ccccc3Cl)c2)cc1. The van der Waals surface area contributed by atoms with Crippen molar-refractivity contribution in [1.29, 1.82) is 0 Å². The highest BCUT2D eigenvalue weighted by molar-refractivity contribution is 8.00. The highest BCUT2D eigenvalue weighted by atomic mass is 35.5. The molecule has 0 bridgehead atoms.